The third-order valence-corrected chi connectivity index (χ3v) is 4.01. The summed E-state index contributed by atoms with van der Waals surface area (Å²) in [7, 11) is 0. The first-order valence-corrected chi connectivity index (χ1v) is 7.39. The second-order valence-electron chi connectivity index (χ2n) is 4.01. The lowest BCUT2D eigenvalue weighted by atomic mass is 10.2. The minimum Gasteiger partial charge on any atom is -0.479 e. The Kier molecular flexibility index (Phi) is 5.06. The van der Waals surface area contributed by atoms with Crippen molar-refractivity contribution in [1.82, 2.24) is 5.32 Å². The molecule has 110 valence electrons. The van der Waals surface area contributed by atoms with E-state index in [0.717, 1.165) is 0 Å². The number of amides is 2. The molecular weight excluding hydrogens is 335 g/mol. The first kappa shape index (κ1) is 15.6. The molecule has 0 saturated heterocycles. The number of hydrogen-bond acceptors (Lipinski definition) is 3. The van der Waals surface area contributed by atoms with E-state index in [-0.39, 0.29) is 5.02 Å². The van der Waals surface area contributed by atoms with Gasteiger partial charge in [-0.05, 0) is 29.6 Å². The lowest BCUT2D eigenvalue weighted by Gasteiger charge is -2.14. The van der Waals surface area contributed by atoms with E-state index >= 15 is 0 Å². The minimum atomic E-state index is -1.14. The summed E-state index contributed by atoms with van der Waals surface area (Å²) in [5.41, 5.74) is 0.342. The van der Waals surface area contributed by atoms with Crippen LogP contribution in [-0.2, 0) is 4.79 Å². The van der Waals surface area contributed by atoms with Crippen LogP contribution < -0.4 is 10.6 Å². The van der Waals surface area contributed by atoms with Gasteiger partial charge in [-0.15, -0.1) is 11.3 Å². The highest BCUT2D eigenvalue weighted by molar-refractivity contribution is 7.10. The molecule has 0 radical (unpaired) electrons. The van der Waals surface area contributed by atoms with Gasteiger partial charge in [0.2, 0.25) is 0 Å². The van der Waals surface area contributed by atoms with Crippen LogP contribution in [0, 0.1) is 0 Å². The number of thiophene rings is 1. The predicted molar refractivity (Wildman–Crippen MR) is 83.3 cm³/mol. The maximum absolute atomic E-state index is 11.9. The molecule has 0 aliphatic heterocycles. The van der Waals surface area contributed by atoms with Crippen LogP contribution in [0.15, 0.2) is 35.7 Å². The van der Waals surface area contributed by atoms with E-state index in [1.807, 2.05) is 0 Å². The predicted octanol–water partition coefficient (Wildman–Crippen LogP) is 4.00. The topological polar surface area (TPSA) is 78.4 Å². The Hall–Kier alpha value is -1.76. The Bertz CT molecular complexity index is 661. The Morgan fingerprint density at radius 3 is 2.57 bits per heavy atom. The van der Waals surface area contributed by atoms with E-state index in [0.29, 0.717) is 15.6 Å². The molecule has 8 heteroatoms. The number of nitrogens with one attached hydrogen (secondary N) is 2. The SMILES string of the molecule is O=C(Nc1ccc(Cl)cc1Cl)NC(C(=O)O)c1cccs1. The summed E-state index contributed by atoms with van der Waals surface area (Å²) >= 11 is 12.9. The van der Waals surface area contributed by atoms with Crippen molar-refractivity contribution in [1.29, 1.82) is 0 Å². The molecule has 1 atom stereocenters. The summed E-state index contributed by atoms with van der Waals surface area (Å²) < 4.78 is 0. The minimum absolute atomic E-state index is 0.264. The lowest BCUT2D eigenvalue weighted by molar-refractivity contribution is -0.139. The Balaban J connectivity index is 2.08. The Morgan fingerprint density at radius 1 is 1.24 bits per heavy atom. The molecule has 2 amide bonds. The zero-order chi connectivity index (χ0) is 15.4. The summed E-state index contributed by atoms with van der Waals surface area (Å²) in [6, 6.07) is 6.15. The molecule has 0 aliphatic carbocycles. The fraction of sp³-hybridized carbons (Fsp3) is 0.0769. The van der Waals surface area contributed by atoms with Crippen LogP contribution in [0.25, 0.3) is 0 Å². The van der Waals surface area contributed by atoms with Gasteiger partial charge < -0.3 is 15.7 Å². The van der Waals surface area contributed by atoms with Gasteiger partial charge in [-0.25, -0.2) is 9.59 Å². The number of carboxylic acid groups (broad SMARTS) is 1. The molecule has 0 spiro atoms. The van der Waals surface area contributed by atoms with Crippen molar-refractivity contribution in [3.63, 3.8) is 0 Å². The Labute approximate surface area is 134 Å². The van der Waals surface area contributed by atoms with Crippen LogP contribution in [0.3, 0.4) is 0 Å². The fourth-order valence-electron chi connectivity index (χ4n) is 1.59. The highest BCUT2D eigenvalue weighted by Crippen LogP contribution is 2.25. The average Bonchev–Trinajstić information content (AvgIpc) is 2.92. The van der Waals surface area contributed by atoms with Crippen molar-refractivity contribution < 1.29 is 14.7 Å². The molecule has 3 N–H and O–H groups in total. The van der Waals surface area contributed by atoms with E-state index in [1.54, 1.807) is 23.6 Å². The van der Waals surface area contributed by atoms with Crippen molar-refractivity contribution in [3.05, 3.63) is 50.6 Å². The largest absolute Gasteiger partial charge is 0.479 e. The molecule has 5 nitrogen and oxygen atoms in total. The standard InChI is InChI=1S/C13H10Cl2N2O3S/c14-7-3-4-9(8(15)6-7)16-13(20)17-11(12(18)19)10-2-1-5-21-10/h1-6,11H,(H,18,19)(H2,16,17,20). The number of carboxylic acids is 1. The summed E-state index contributed by atoms with van der Waals surface area (Å²) in [6.45, 7) is 0. The highest BCUT2D eigenvalue weighted by atomic mass is 35.5. The molecule has 0 saturated carbocycles. The van der Waals surface area contributed by atoms with Gasteiger partial charge in [0.05, 0.1) is 10.7 Å². The molecule has 1 heterocycles. The van der Waals surface area contributed by atoms with Gasteiger partial charge in [-0.3, -0.25) is 0 Å². The number of rotatable bonds is 4. The number of halogens is 2. The fourth-order valence-corrected chi connectivity index (χ4v) is 2.81. The second-order valence-corrected chi connectivity index (χ2v) is 5.83. The van der Waals surface area contributed by atoms with Crippen molar-refractivity contribution in [3.8, 4) is 0 Å². The van der Waals surface area contributed by atoms with Crippen LogP contribution in [0.1, 0.15) is 10.9 Å². The number of benzene rings is 1. The zero-order valence-corrected chi connectivity index (χ0v) is 12.8. The van der Waals surface area contributed by atoms with Gasteiger partial charge in [0.25, 0.3) is 0 Å². The van der Waals surface area contributed by atoms with Crippen molar-refractivity contribution in [2.24, 2.45) is 0 Å². The third-order valence-electron chi connectivity index (χ3n) is 2.53. The normalized spacial score (nSPS) is 11.7. The number of urea groups is 1. The van der Waals surface area contributed by atoms with Crippen molar-refractivity contribution in [2.75, 3.05) is 5.32 Å². The van der Waals surface area contributed by atoms with E-state index in [1.165, 1.54) is 23.5 Å². The zero-order valence-electron chi connectivity index (χ0n) is 10.5. The van der Waals surface area contributed by atoms with Gasteiger partial charge in [0.1, 0.15) is 0 Å². The van der Waals surface area contributed by atoms with Gasteiger partial charge in [-0.1, -0.05) is 29.3 Å². The first-order valence-electron chi connectivity index (χ1n) is 5.76. The smallest absolute Gasteiger partial charge is 0.331 e. The number of carbonyl (C=O) groups excluding carboxylic acids is 1. The summed E-state index contributed by atoms with van der Waals surface area (Å²) in [4.78, 5) is 23.6. The highest BCUT2D eigenvalue weighted by Gasteiger charge is 2.23. The molecule has 0 bridgehead atoms. The average molecular weight is 345 g/mol. The van der Waals surface area contributed by atoms with Gasteiger partial charge in [0, 0.05) is 9.90 Å². The van der Waals surface area contributed by atoms with Crippen LogP contribution in [0.2, 0.25) is 10.0 Å². The second kappa shape index (κ2) is 6.80. The van der Waals surface area contributed by atoms with Crippen LogP contribution in [0.4, 0.5) is 10.5 Å². The molecular formula is C13H10Cl2N2O3S. The van der Waals surface area contributed by atoms with Gasteiger partial charge >= 0.3 is 12.0 Å². The summed E-state index contributed by atoms with van der Waals surface area (Å²) in [6.07, 6.45) is 0. The van der Waals surface area contributed by atoms with E-state index in [2.05, 4.69) is 10.6 Å². The molecule has 1 unspecified atom stereocenters. The number of anilines is 1. The van der Waals surface area contributed by atoms with Crippen LogP contribution in [-0.4, -0.2) is 17.1 Å². The van der Waals surface area contributed by atoms with Crippen LogP contribution in [0.5, 0.6) is 0 Å². The maximum atomic E-state index is 11.9. The molecule has 2 aromatic rings. The monoisotopic (exact) mass is 344 g/mol. The molecule has 1 aromatic heterocycles. The third kappa shape index (κ3) is 4.10. The molecule has 1 aromatic carbocycles. The number of aliphatic carboxylic acids is 1. The maximum Gasteiger partial charge on any atom is 0.331 e. The van der Waals surface area contributed by atoms with Gasteiger partial charge in [-0.2, -0.15) is 0 Å². The quantitative estimate of drug-likeness (QED) is 0.784. The molecule has 2 rings (SSSR count). The molecule has 21 heavy (non-hydrogen) atoms. The summed E-state index contributed by atoms with van der Waals surface area (Å²) in [5, 5.41) is 16.5. The van der Waals surface area contributed by atoms with E-state index in [9.17, 15) is 14.7 Å². The van der Waals surface area contributed by atoms with Crippen molar-refractivity contribution >= 4 is 52.2 Å². The summed E-state index contributed by atoms with van der Waals surface area (Å²) in [5.74, 6) is -1.14. The van der Waals surface area contributed by atoms with Gasteiger partial charge in [0.15, 0.2) is 6.04 Å². The first-order chi connectivity index (χ1) is 9.97. The molecule has 0 fully saturated rings. The van der Waals surface area contributed by atoms with E-state index in [4.69, 9.17) is 23.2 Å². The molecule has 0 aliphatic rings. The van der Waals surface area contributed by atoms with Crippen LogP contribution >= 0.6 is 34.5 Å². The number of hydrogen-bond donors (Lipinski definition) is 3. The van der Waals surface area contributed by atoms with Crippen molar-refractivity contribution in [2.45, 2.75) is 6.04 Å². The lowest BCUT2D eigenvalue weighted by Crippen LogP contribution is -2.36. The Morgan fingerprint density at radius 2 is 2.00 bits per heavy atom. The number of carbonyl (C=O) groups is 2. The van der Waals surface area contributed by atoms with E-state index < -0.39 is 18.0 Å².